The summed E-state index contributed by atoms with van der Waals surface area (Å²) in [6.45, 7) is 7.02. The van der Waals surface area contributed by atoms with Crippen LogP contribution in [-0.2, 0) is 6.42 Å². The molecule has 3 heteroatoms. The number of para-hydroxylation sites is 1. The van der Waals surface area contributed by atoms with Crippen LogP contribution in [0.1, 0.15) is 22.4 Å². The molecule has 5 rings (SSSR count). The third-order valence-corrected chi connectivity index (χ3v) is 6.22. The van der Waals surface area contributed by atoms with E-state index < -0.39 is 0 Å². The van der Waals surface area contributed by atoms with Gasteiger partial charge in [0.25, 0.3) is 0 Å². The van der Waals surface area contributed by atoms with Crippen molar-refractivity contribution >= 4 is 17.6 Å². The number of hydrogen-bond donors (Lipinski definition) is 0. The lowest BCUT2D eigenvalue weighted by molar-refractivity contribution is 0.936. The zero-order valence-electron chi connectivity index (χ0n) is 20.2. The summed E-state index contributed by atoms with van der Waals surface area (Å²) in [7, 11) is 0. The van der Waals surface area contributed by atoms with E-state index in [1.165, 1.54) is 39.0 Å². The van der Waals surface area contributed by atoms with E-state index in [-0.39, 0.29) is 0 Å². The molecule has 2 nitrogen and oxygen atoms in total. The van der Waals surface area contributed by atoms with Crippen molar-refractivity contribution in [3.05, 3.63) is 144 Å². The van der Waals surface area contributed by atoms with Crippen LogP contribution in [0.2, 0.25) is 6.82 Å². The molecule has 5 aromatic rings. The van der Waals surface area contributed by atoms with Crippen LogP contribution in [0.4, 0.5) is 0 Å². The first-order valence-corrected chi connectivity index (χ1v) is 11.8. The van der Waals surface area contributed by atoms with Gasteiger partial charge < -0.3 is 4.57 Å². The summed E-state index contributed by atoms with van der Waals surface area (Å²) in [5.74, 6) is 0. The molecule has 0 aliphatic carbocycles. The fraction of sp³-hybridized carbons (Fsp3) is 0.129. The van der Waals surface area contributed by atoms with Crippen LogP contribution in [0.5, 0.6) is 0 Å². The molecule has 0 fully saturated rings. The Kier molecular flexibility index (Phi) is 7.77. The zero-order valence-corrected chi connectivity index (χ0v) is 20.2. The van der Waals surface area contributed by atoms with Gasteiger partial charge >= 0.3 is 0 Å². The summed E-state index contributed by atoms with van der Waals surface area (Å²) in [6.07, 6.45) is 4.76. The summed E-state index contributed by atoms with van der Waals surface area (Å²) < 4.78 is 2.21. The highest BCUT2D eigenvalue weighted by Crippen LogP contribution is 2.21. The minimum absolute atomic E-state index is 0.484. The Morgan fingerprint density at radius 3 is 1.68 bits per heavy atom. The number of hydrogen-bond acceptors (Lipinski definition) is 1. The van der Waals surface area contributed by atoms with E-state index in [2.05, 4.69) is 133 Å². The number of aryl methyl sites for hydroxylation is 2. The largest absolute Gasteiger partial charge is 0.302 e. The molecule has 0 spiro atoms. The van der Waals surface area contributed by atoms with E-state index in [1.807, 2.05) is 18.6 Å². The number of imidazole rings is 1. The molecule has 168 valence electrons. The second kappa shape index (κ2) is 11.3. The van der Waals surface area contributed by atoms with Gasteiger partial charge in [-0.3, -0.25) is 0 Å². The molecule has 0 N–H and O–H groups in total. The maximum atomic E-state index is 4.34. The average Bonchev–Trinajstić information content (AvgIpc) is 3.33. The predicted molar refractivity (Wildman–Crippen MR) is 146 cm³/mol. The molecule has 0 radical (unpaired) electrons. The first-order valence-electron chi connectivity index (χ1n) is 11.8. The zero-order chi connectivity index (χ0) is 23.8. The standard InChI is InChI=1S/C18H18N2.C13H13B/c1-14-7-6-8-15(2)18(14)20-13-19-12-17(20)11-16-9-4-3-5-10-16;1-14(12-8-4-2-5-9-12)13-10-6-3-7-11-13/h3-10,12-13H,11H2,1-2H3;2-11H,1H3. The van der Waals surface area contributed by atoms with E-state index in [4.69, 9.17) is 0 Å². The third-order valence-electron chi connectivity index (χ3n) is 6.22. The summed E-state index contributed by atoms with van der Waals surface area (Å²) in [5, 5.41) is 0. The molecule has 0 saturated carbocycles. The van der Waals surface area contributed by atoms with Crippen molar-refractivity contribution in [3.63, 3.8) is 0 Å². The van der Waals surface area contributed by atoms with Crippen molar-refractivity contribution in [2.45, 2.75) is 27.1 Å². The van der Waals surface area contributed by atoms with Crippen molar-refractivity contribution in [1.82, 2.24) is 9.55 Å². The maximum absolute atomic E-state index is 4.34. The Bertz CT molecular complexity index is 1240. The lowest BCUT2D eigenvalue weighted by atomic mass is 9.43. The van der Waals surface area contributed by atoms with Crippen LogP contribution < -0.4 is 10.9 Å². The Hall–Kier alpha value is -3.85. The number of rotatable bonds is 5. The smallest absolute Gasteiger partial charge is 0.206 e. The first-order chi connectivity index (χ1) is 16.6. The summed E-state index contributed by atoms with van der Waals surface area (Å²) in [5.41, 5.74) is 9.07. The van der Waals surface area contributed by atoms with Gasteiger partial charge in [0.15, 0.2) is 0 Å². The summed E-state index contributed by atoms with van der Waals surface area (Å²) in [6, 6.07) is 38.1. The van der Waals surface area contributed by atoms with Crippen molar-refractivity contribution in [2.24, 2.45) is 0 Å². The maximum Gasteiger partial charge on any atom is 0.206 e. The second-order valence-electron chi connectivity index (χ2n) is 8.70. The number of benzene rings is 4. The minimum atomic E-state index is 0.484. The van der Waals surface area contributed by atoms with Gasteiger partial charge in [-0.25, -0.2) is 4.98 Å². The normalized spacial score (nSPS) is 10.3. The highest BCUT2D eigenvalue weighted by molar-refractivity contribution is 6.84. The van der Waals surface area contributed by atoms with Crippen molar-refractivity contribution < 1.29 is 0 Å². The fourth-order valence-corrected chi connectivity index (χ4v) is 4.32. The quantitative estimate of drug-likeness (QED) is 0.305. The number of aromatic nitrogens is 2. The molecule has 0 unspecified atom stereocenters. The SMILES string of the molecule is CB(c1ccccc1)c1ccccc1.Cc1cccc(C)c1-n1cncc1Cc1ccccc1. The van der Waals surface area contributed by atoms with Crippen molar-refractivity contribution in [3.8, 4) is 5.69 Å². The molecule has 1 heterocycles. The highest BCUT2D eigenvalue weighted by Gasteiger charge is 2.11. The third kappa shape index (κ3) is 5.74. The summed E-state index contributed by atoms with van der Waals surface area (Å²) >= 11 is 0. The van der Waals surface area contributed by atoms with Gasteiger partial charge in [0.1, 0.15) is 0 Å². The number of nitrogens with zero attached hydrogens (tertiary/aromatic N) is 2. The Balaban J connectivity index is 0.000000172. The van der Waals surface area contributed by atoms with Gasteiger partial charge in [-0.15, -0.1) is 0 Å². The lowest BCUT2D eigenvalue weighted by Gasteiger charge is -2.14. The lowest BCUT2D eigenvalue weighted by Crippen LogP contribution is -2.38. The molecule has 34 heavy (non-hydrogen) atoms. The Morgan fingerprint density at radius 2 is 1.15 bits per heavy atom. The fourth-order valence-electron chi connectivity index (χ4n) is 4.32. The molecule has 0 saturated heterocycles. The average molecular weight is 442 g/mol. The van der Waals surface area contributed by atoms with Gasteiger partial charge in [-0.05, 0) is 30.5 Å². The van der Waals surface area contributed by atoms with Gasteiger partial charge in [0.05, 0.1) is 12.0 Å². The molecule has 0 aliphatic rings. The van der Waals surface area contributed by atoms with E-state index in [1.54, 1.807) is 0 Å². The Labute approximate surface area is 204 Å². The van der Waals surface area contributed by atoms with E-state index >= 15 is 0 Å². The van der Waals surface area contributed by atoms with E-state index in [0.29, 0.717) is 6.71 Å². The first kappa shape index (κ1) is 23.3. The molecule has 0 aliphatic heterocycles. The van der Waals surface area contributed by atoms with Gasteiger partial charge in [0, 0.05) is 18.3 Å². The summed E-state index contributed by atoms with van der Waals surface area (Å²) in [4.78, 5) is 4.34. The van der Waals surface area contributed by atoms with Crippen LogP contribution in [0.3, 0.4) is 0 Å². The molecule has 1 aromatic heterocycles. The van der Waals surface area contributed by atoms with Crippen LogP contribution in [0.15, 0.2) is 122 Å². The Morgan fingerprint density at radius 1 is 0.647 bits per heavy atom. The molecular weight excluding hydrogens is 411 g/mol. The van der Waals surface area contributed by atoms with Crippen LogP contribution >= 0.6 is 0 Å². The van der Waals surface area contributed by atoms with Crippen LogP contribution in [0.25, 0.3) is 5.69 Å². The molecule has 0 amide bonds. The van der Waals surface area contributed by atoms with Crippen LogP contribution in [0, 0.1) is 13.8 Å². The van der Waals surface area contributed by atoms with Crippen molar-refractivity contribution in [1.29, 1.82) is 0 Å². The van der Waals surface area contributed by atoms with E-state index in [9.17, 15) is 0 Å². The molecule has 4 aromatic carbocycles. The van der Waals surface area contributed by atoms with Gasteiger partial charge in [0.2, 0.25) is 6.71 Å². The topological polar surface area (TPSA) is 17.8 Å². The molecule has 0 bridgehead atoms. The van der Waals surface area contributed by atoms with Crippen LogP contribution in [-0.4, -0.2) is 16.3 Å². The van der Waals surface area contributed by atoms with E-state index in [0.717, 1.165) is 6.42 Å². The monoisotopic (exact) mass is 442 g/mol. The van der Waals surface area contributed by atoms with Gasteiger partial charge in [-0.1, -0.05) is 127 Å². The minimum Gasteiger partial charge on any atom is -0.302 e. The predicted octanol–water partition coefficient (Wildman–Crippen LogP) is 6.01. The molecule has 0 atom stereocenters. The highest BCUT2D eigenvalue weighted by atomic mass is 15.1. The van der Waals surface area contributed by atoms with Crippen molar-refractivity contribution in [2.75, 3.05) is 0 Å². The molecular formula is C31H31BN2. The second-order valence-corrected chi connectivity index (χ2v) is 8.70. The van der Waals surface area contributed by atoms with Gasteiger partial charge in [-0.2, -0.15) is 0 Å².